The Morgan fingerprint density at radius 1 is 1.33 bits per heavy atom. The average molecular weight is 354 g/mol. The number of hydrogen-bond acceptors (Lipinski definition) is 5. The quantitative estimate of drug-likeness (QED) is 0.665. The molecule has 1 aromatic carbocycles. The number of benzene rings is 1. The highest BCUT2D eigenvalue weighted by Gasteiger charge is 2.40. The van der Waals surface area contributed by atoms with E-state index in [1.165, 1.54) is 7.11 Å². The Labute approximate surface area is 147 Å². The number of hydrogen-bond donors (Lipinski definition) is 1. The topological polar surface area (TPSA) is 56.3 Å². The van der Waals surface area contributed by atoms with Gasteiger partial charge in [-0.1, -0.05) is 11.6 Å². The number of carbonyl (C=O) groups excluding carboxylic acids is 1. The average Bonchev–Trinajstić information content (AvgIpc) is 2.60. The number of halogens is 1. The zero-order valence-electron chi connectivity index (χ0n) is 14.3. The van der Waals surface area contributed by atoms with Gasteiger partial charge in [-0.2, -0.15) is 0 Å². The van der Waals surface area contributed by atoms with E-state index in [1.54, 1.807) is 12.1 Å². The molecule has 4 rings (SSSR count). The molecule has 1 N–H and O–H groups in total. The fraction of sp³-hybridized carbons (Fsp3) is 0.588. The van der Waals surface area contributed by atoms with Crippen LogP contribution < -0.4 is 9.64 Å². The number of carbonyl (C=O) groups is 1. The maximum Gasteiger partial charge on any atom is 0.281 e. The summed E-state index contributed by atoms with van der Waals surface area (Å²) >= 11 is 6.29. The number of anilines is 1. The molecule has 1 amide bonds. The largest absolute Gasteiger partial charge is 0.496 e. The zero-order valence-corrected chi connectivity index (χ0v) is 15.1. The number of piperidine rings is 3. The van der Waals surface area contributed by atoms with Crippen LogP contribution in [0.4, 0.5) is 5.69 Å². The van der Waals surface area contributed by atoms with Crippen molar-refractivity contribution in [1.82, 2.24) is 9.96 Å². The number of amides is 1. The Morgan fingerprint density at radius 3 is 2.50 bits per heavy atom. The summed E-state index contributed by atoms with van der Waals surface area (Å²) in [5, 5.41) is 11.9. The third-order valence-electron chi connectivity index (χ3n) is 5.13. The van der Waals surface area contributed by atoms with Crippen LogP contribution in [0.2, 0.25) is 5.02 Å². The van der Waals surface area contributed by atoms with Gasteiger partial charge in [0, 0.05) is 26.7 Å². The molecule has 2 bridgehead atoms. The molecule has 3 aliphatic heterocycles. The van der Waals surface area contributed by atoms with Crippen molar-refractivity contribution in [3.8, 4) is 5.75 Å². The van der Waals surface area contributed by atoms with Gasteiger partial charge in [0.05, 0.1) is 29.4 Å². The first-order valence-corrected chi connectivity index (χ1v) is 8.59. The first kappa shape index (κ1) is 17.3. The van der Waals surface area contributed by atoms with E-state index in [2.05, 4.69) is 4.90 Å². The van der Waals surface area contributed by atoms with Gasteiger partial charge in [0.1, 0.15) is 5.75 Å². The molecule has 0 aromatic heterocycles. The third kappa shape index (κ3) is 3.06. The zero-order chi connectivity index (χ0) is 17.4. The summed E-state index contributed by atoms with van der Waals surface area (Å²) in [5.74, 6) is 0.303. The second kappa shape index (κ2) is 6.78. The first-order valence-electron chi connectivity index (χ1n) is 8.22. The second-order valence-corrected chi connectivity index (χ2v) is 7.16. The molecule has 3 saturated heterocycles. The van der Waals surface area contributed by atoms with Crippen LogP contribution in [0.1, 0.15) is 23.2 Å². The smallest absolute Gasteiger partial charge is 0.281 e. The van der Waals surface area contributed by atoms with Crippen molar-refractivity contribution in [2.75, 3.05) is 45.7 Å². The monoisotopic (exact) mass is 353 g/mol. The van der Waals surface area contributed by atoms with Crippen molar-refractivity contribution in [2.24, 2.45) is 5.92 Å². The van der Waals surface area contributed by atoms with Crippen LogP contribution in [0.5, 0.6) is 5.75 Å². The first-order chi connectivity index (χ1) is 11.4. The van der Waals surface area contributed by atoms with Gasteiger partial charge < -0.3 is 14.5 Å². The lowest BCUT2D eigenvalue weighted by Gasteiger charge is -2.46. The number of fused-ring (bicyclic) bond motifs is 3. The van der Waals surface area contributed by atoms with E-state index in [4.69, 9.17) is 16.3 Å². The van der Waals surface area contributed by atoms with Crippen LogP contribution in [0, 0.1) is 5.92 Å². The summed E-state index contributed by atoms with van der Waals surface area (Å²) in [7, 11) is 5.25. The summed E-state index contributed by atoms with van der Waals surface area (Å²) in [6.07, 6.45) is 2.04. The Hall–Kier alpha value is -1.50. The van der Waals surface area contributed by atoms with E-state index in [0.29, 0.717) is 16.7 Å². The van der Waals surface area contributed by atoms with Crippen LogP contribution in [0.3, 0.4) is 0 Å². The molecular formula is C17H24ClN3O3. The van der Waals surface area contributed by atoms with Gasteiger partial charge in [0.25, 0.3) is 5.91 Å². The van der Waals surface area contributed by atoms with Gasteiger partial charge in [0.15, 0.2) is 0 Å². The highest BCUT2D eigenvalue weighted by molar-refractivity contribution is 6.33. The van der Waals surface area contributed by atoms with Crippen molar-refractivity contribution >= 4 is 23.2 Å². The molecule has 0 radical (unpaired) electrons. The minimum Gasteiger partial charge on any atom is -0.496 e. The standard InChI is InChI=1S/C17H24ClN3O3/c1-19(2)14-9-16(24-3)12(8-13(14)18)17(22)21(23)15-10-20-6-4-11(15)5-7-20/h8-9,11,15,23H,4-7,10H2,1-3H3. The van der Waals surface area contributed by atoms with Gasteiger partial charge in [-0.3, -0.25) is 10.0 Å². The van der Waals surface area contributed by atoms with Crippen LogP contribution in [-0.4, -0.2) is 68.0 Å². The van der Waals surface area contributed by atoms with Crippen LogP contribution >= 0.6 is 11.6 Å². The molecular weight excluding hydrogens is 330 g/mol. The van der Waals surface area contributed by atoms with Crippen molar-refractivity contribution in [3.63, 3.8) is 0 Å². The van der Waals surface area contributed by atoms with E-state index in [0.717, 1.165) is 43.2 Å². The maximum atomic E-state index is 12.8. The van der Waals surface area contributed by atoms with E-state index in [9.17, 15) is 10.0 Å². The lowest BCUT2D eigenvalue weighted by Crippen LogP contribution is -2.57. The van der Waals surface area contributed by atoms with Gasteiger partial charge in [0.2, 0.25) is 0 Å². The highest BCUT2D eigenvalue weighted by atomic mass is 35.5. The number of rotatable bonds is 4. The molecule has 1 aromatic rings. The van der Waals surface area contributed by atoms with Crippen LogP contribution in [0.25, 0.3) is 0 Å². The Kier molecular flexibility index (Phi) is 4.90. The summed E-state index contributed by atoms with van der Waals surface area (Å²) in [5.41, 5.74) is 1.05. The Bertz CT molecular complexity index is 630. The second-order valence-electron chi connectivity index (χ2n) is 6.75. The van der Waals surface area contributed by atoms with Crippen LogP contribution in [0.15, 0.2) is 12.1 Å². The summed E-state index contributed by atoms with van der Waals surface area (Å²) in [6, 6.07) is 3.12. The molecule has 0 saturated carbocycles. The number of methoxy groups -OCH3 is 1. The summed E-state index contributed by atoms with van der Waals surface area (Å²) in [4.78, 5) is 17.0. The van der Waals surface area contributed by atoms with Crippen molar-refractivity contribution in [1.29, 1.82) is 0 Å². The third-order valence-corrected chi connectivity index (χ3v) is 5.43. The van der Waals surface area contributed by atoms with E-state index in [1.807, 2.05) is 19.0 Å². The normalized spacial score (nSPS) is 25.5. The number of ether oxygens (including phenoxy) is 1. The maximum absolute atomic E-state index is 12.8. The Morgan fingerprint density at radius 2 is 2.00 bits per heavy atom. The molecule has 3 fully saturated rings. The van der Waals surface area contributed by atoms with Crippen LogP contribution in [-0.2, 0) is 0 Å². The van der Waals surface area contributed by atoms with Gasteiger partial charge in [-0.25, -0.2) is 5.06 Å². The molecule has 1 unspecified atom stereocenters. The molecule has 3 aliphatic rings. The molecule has 6 nitrogen and oxygen atoms in total. The van der Waals surface area contributed by atoms with Gasteiger partial charge in [-0.15, -0.1) is 0 Å². The lowest BCUT2D eigenvalue weighted by molar-refractivity contribution is -0.133. The predicted molar refractivity (Wildman–Crippen MR) is 93.2 cm³/mol. The lowest BCUT2D eigenvalue weighted by atomic mass is 9.83. The fourth-order valence-corrected chi connectivity index (χ4v) is 4.04. The SMILES string of the molecule is COc1cc(N(C)C)c(Cl)cc1C(=O)N(O)C1CN2CCC1CC2. The van der Waals surface area contributed by atoms with Crippen molar-refractivity contribution in [2.45, 2.75) is 18.9 Å². The Balaban J connectivity index is 1.87. The van der Waals surface area contributed by atoms with Gasteiger partial charge in [-0.05, 0) is 37.9 Å². The molecule has 7 heteroatoms. The predicted octanol–water partition coefficient (Wildman–Crippen LogP) is 2.34. The number of nitrogens with zero attached hydrogens (tertiary/aromatic N) is 3. The molecule has 0 spiro atoms. The van der Waals surface area contributed by atoms with E-state index in [-0.39, 0.29) is 11.6 Å². The summed E-state index contributed by atoms with van der Waals surface area (Å²) < 4.78 is 5.36. The molecule has 1 atom stereocenters. The minimum atomic E-state index is -0.460. The molecule has 3 heterocycles. The van der Waals surface area contributed by atoms with Crippen molar-refractivity contribution in [3.05, 3.63) is 22.7 Å². The molecule has 0 aliphatic carbocycles. The summed E-state index contributed by atoms with van der Waals surface area (Å²) in [6.45, 7) is 2.82. The van der Waals surface area contributed by atoms with Gasteiger partial charge >= 0.3 is 0 Å². The van der Waals surface area contributed by atoms with E-state index < -0.39 is 5.91 Å². The highest BCUT2D eigenvalue weighted by Crippen LogP contribution is 2.35. The fourth-order valence-electron chi connectivity index (χ4n) is 3.71. The molecule has 132 valence electrons. The van der Waals surface area contributed by atoms with Crippen molar-refractivity contribution < 1.29 is 14.7 Å². The number of hydroxylamine groups is 2. The molecule has 24 heavy (non-hydrogen) atoms. The minimum absolute atomic E-state index is 0.169. The van der Waals surface area contributed by atoms with E-state index >= 15 is 0 Å².